The summed E-state index contributed by atoms with van der Waals surface area (Å²) in [5.41, 5.74) is 1.53. The maximum absolute atomic E-state index is 12.0. The first-order valence-corrected chi connectivity index (χ1v) is 8.23. The maximum Gasteiger partial charge on any atom is 0.252 e. The zero-order valence-electron chi connectivity index (χ0n) is 12.9. The number of benzene rings is 2. The van der Waals surface area contributed by atoms with Crippen molar-refractivity contribution in [2.45, 2.75) is 19.4 Å². The van der Waals surface area contributed by atoms with Crippen LogP contribution in [0.15, 0.2) is 48.5 Å². The molecule has 0 spiro atoms. The molecule has 5 heteroatoms. The van der Waals surface area contributed by atoms with Gasteiger partial charge < -0.3 is 10.1 Å². The van der Waals surface area contributed by atoms with Crippen molar-refractivity contribution in [2.24, 2.45) is 0 Å². The molecule has 0 saturated heterocycles. The summed E-state index contributed by atoms with van der Waals surface area (Å²) >= 11 is 11.9. The van der Waals surface area contributed by atoms with Crippen LogP contribution < -0.4 is 5.32 Å². The smallest absolute Gasteiger partial charge is 0.252 e. The molecular formula is C18H19Cl2NO2. The first-order valence-electron chi connectivity index (χ1n) is 7.47. The second kappa shape index (κ2) is 8.92. The summed E-state index contributed by atoms with van der Waals surface area (Å²) in [5.74, 6) is -0.228. The van der Waals surface area contributed by atoms with Gasteiger partial charge >= 0.3 is 0 Å². The molecule has 1 N–H and O–H groups in total. The van der Waals surface area contributed by atoms with Gasteiger partial charge in [-0.2, -0.15) is 0 Å². The van der Waals surface area contributed by atoms with Gasteiger partial charge in [-0.3, -0.25) is 4.79 Å². The Morgan fingerprint density at radius 2 is 1.91 bits per heavy atom. The van der Waals surface area contributed by atoms with Crippen LogP contribution >= 0.6 is 23.2 Å². The third-order valence-electron chi connectivity index (χ3n) is 3.42. The molecule has 3 nitrogen and oxygen atoms in total. The highest BCUT2D eigenvalue weighted by Crippen LogP contribution is 2.20. The average Bonchev–Trinajstić information content (AvgIpc) is 2.57. The Morgan fingerprint density at radius 3 is 2.65 bits per heavy atom. The van der Waals surface area contributed by atoms with Crippen LogP contribution in [0.25, 0.3) is 0 Å². The quantitative estimate of drug-likeness (QED) is 0.721. The van der Waals surface area contributed by atoms with E-state index >= 15 is 0 Å². The zero-order valence-corrected chi connectivity index (χ0v) is 14.4. The van der Waals surface area contributed by atoms with E-state index in [2.05, 4.69) is 5.32 Å². The van der Waals surface area contributed by atoms with Crippen LogP contribution in [0, 0.1) is 0 Å². The average molecular weight is 352 g/mol. The van der Waals surface area contributed by atoms with E-state index in [1.165, 1.54) is 0 Å². The minimum absolute atomic E-state index is 0.0364. The van der Waals surface area contributed by atoms with Crippen LogP contribution in [0.4, 0.5) is 0 Å². The molecule has 2 aromatic rings. The molecule has 0 fully saturated rings. The highest BCUT2D eigenvalue weighted by molar-refractivity contribution is 6.35. The molecule has 0 aromatic heterocycles. The minimum atomic E-state index is -0.228. The molecule has 0 aliphatic carbocycles. The SMILES string of the molecule is CC(OCCCNC(=O)c1cc(Cl)ccc1Cl)c1ccccc1. The molecule has 0 aliphatic heterocycles. The second-order valence-electron chi connectivity index (χ2n) is 5.16. The number of halogens is 2. The second-order valence-corrected chi connectivity index (χ2v) is 6.00. The van der Waals surface area contributed by atoms with Crippen LogP contribution in [0.1, 0.15) is 35.4 Å². The highest BCUT2D eigenvalue weighted by Gasteiger charge is 2.10. The van der Waals surface area contributed by atoms with Crippen molar-refractivity contribution >= 4 is 29.1 Å². The van der Waals surface area contributed by atoms with Gasteiger partial charge in [0.2, 0.25) is 0 Å². The van der Waals surface area contributed by atoms with E-state index < -0.39 is 0 Å². The van der Waals surface area contributed by atoms with Gasteiger partial charge in [0.25, 0.3) is 5.91 Å². The van der Waals surface area contributed by atoms with E-state index in [0.29, 0.717) is 28.8 Å². The van der Waals surface area contributed by atoms with E-state index in [-0.39, 0.29) is 12.0 Å². The summed E-state index contributed by atoms with van der Waals surface area (Å²) < 4.78 is 5.76. The number of rotatable bonds is 7. The summed E-state index contributed by atoms with van der Waals surface area (Å²) in [6, 6.07) is 14.9. The van der Waals surface area contributed by atoms with E-state index in [9.17, 15) is 4.79 Å². The van der Waals surface area contributed by atoms with Gasteiger partial charge in [0.1, 0.15) is 0 Å². The first kappa shape index (κ1) is 17.8. The van der Waals surface area contributed by atoms with Crippen LogP contribution in [0.3, 0.4) is 0 Å². The van der Waals surface area contributed by atoms with Crippen molar-refractivity contribution in [2.75, 3.05) is 13.2 Å². The van der Waals surface area contributed by atoms with Gasteiger partial charge in [0.05, 0.1) is 16.7 Å². The summed E-state index contributed by atoms with van der Waals surface area (Å²) in [6.07, 6.45) is 0.760. The van der Waals surface area contributed by atoms with Gasteiger partial charge in [-0.1, -0.05) is 53.5 Å². The molecule has 0 heterocycles. The number of carbonyl (C=O) groups excluding carboxylic acids is 1. The van der Waals surface area contributed by atoms with Gasteiger partial charge in [-0.05, 0) is 37.1 Å². The topological polar surface area (TPSA) is 38.3 Å². The first-order chi connectivity index (χ1) is 11.1. The fourth-order valence-electron chi connectivity index (χ4n) is 2.12. The van der Waals surface area contributed by atoms with Crippen molar-refractivity contribution in [3.8, 4) is 0 Å². The van der Waals surface area contributed by atoms with Gasteiger partial charge in [-0.15, -0.1) is 0 Å². The fourth-order valence-corrected chi connectivity index (χ4v) is 2.50. The molecule has 2 rings (SSSR count). The predicted molar refractivity (Wildman–Crippen MR) is 94.2 cm³/mol. The van der Waals surface area contributed by atoms with Crippen molar-refractivity contribution in [3.63, 3.8) is 0 Å². The number of ether oxygens (including phenoxy) is 1. The number of hydrogen-bond donors (Lipinski definition) is 1. The summed E-state index contributed by atoms with van der Waals surface area (Å²) in [4.78, 5) is 12.0. The number of amides is 1. The molecule has 23 heavy (non-hydrogen) atoms. The van der Waals surface area contributed by atoms with Crippen molar-refractivity contribution in [1.82, 2.24) is 5.32 Å². The minimum Gasteiger partial charge on any atom is -0.374 e. The Bertz CT molecular complexity index is 647. The fraction of sp³-hybridized carbons (Fsp3) is 0.278. The number of nitrogens with one attached hydrogen (secondary N) is 1. The highest BCUT2D eigenvalue weighted by atomic mass is 35.5. The van der Waals surface area contributed by atoms with E-state index in [1.807, 2.05) is 37.3 Å². The van der Waals surface area contributed by atoms with Crippen molar-refractivity contribution < 1.29 is 9.53 Å². The summed E-state index contributed by atoms with van der Waals surface area (Å²) in [5, 5.41) is 3.69. The van der Waals surface area contributed by atoms with Crippen LogP contribution in [-0.4, -0.2) is 19.1 Å². The molecule has 1 atom stereocenters. The Balaban J connectivity index is 1.71. The lowest BCUT2D eigenvalue weighted by atomic mass is 10.1. The Kier molecular flexibility index (Phi) is 6.90. The predicted octanol–water partition coefficient (Wildman–Crippen LogP) is 4.89. The van der Waals surface area contributed by atoms with Crippen LogP contribution in [0.5, 0.6) is 0 Å². The Hall–Kier alpha value is -1.55. The van der Waals surface area contributed by atoms with Gasteiger partial charge in [0.15, 0.2) is 0 Å². The van der Waals surface area contributed by atoms with Crippen molar-refractivity contribution in [1.29, 1.82) is 0 Å². The molecule has 122 valence electrons. The largest absolute Gasteiger partial charge is 0.374 e. The van der Waals surface area contributed by atoms with Gasteiger partial charge in [0, 0.05) is 18.2 Å². The molecule has 1 amide bonds. The lowest BCUT2D eigenvalue weighted by Crippen LogP contribution is -2.25. The zero-order chi connectivity index (χ0) is 16.7. The normalized spacial score (nSPS) is 12.0. The van der Waals surface area contributed by atoms with Gasteiger partial charge in [-0.25, -0.2) is 0 Å². The monoisotopic (exact) mass is 351 g/mol. The number of hydrogen-bond acceptors (Lipinski definition) is 2. The Labute approximate surface area is 146 Å². The molecule has 0 bridgehead atoms. The third-order valence-corrected chi connectivity index (χ3v) is 3.98. The standard InChI is InChI=1S/C18H19Cl2NO2/c1-13(14-6-3-2-4-7-14)23-11-5-10-21-18(22)16-12-15(19)8-9-17(16)20/h2-4,6-9,12-13H,5,10-11H2,1H3,(H,21,22). The van der Waals surface area contributed by atoms with Crippen molar-refractivity contribution in [3.05, 3.63) is 69.7 Å². The molecule has 2 aromatic carbocycles. The van der Waals surface area contributed by atoms with Crippen LogP contribution in [0.2, 0.25) is 10.0 Å². The third kappa shape index (κ3) is 5.54. The number of carbonyl (C=O) groups is 1. The van der Waals surface area contributed by atoms with E-state index in [4.69, 9.17) is 27.9 Å². The molecule has 0 saturated carbocycles. The lowest BCUT2D eigenvalue weighted by molar-refractivity contribution is 0.0635. The summed E-state index contributed by atoms with van der Waals surface area (Å²) in [7, 11) is 0. The summed E-state index contributed by atoms with van der Waals surface area (Å²) in [6.45, 7) is 3.10. The molecule has 0 radical (unpaired) electrons. The Morgan fingerprint density at radius 1 is 1.17 bits per heavy atom. The molecule has 1 unspecified atom stereocenters. The van der Waals surface area contributed by atoms with Crippen LogP contribution in [-0.2, 0) is 4.74 Å². The van der Waals surface area contributed by atoms with E-state index in [0.717, 1.165) is 12.0 Å². The lowest BCUT2D eigenvalue weighted by Gasteiger charge is -2.13. The molecular weight excluding hydrogens is 333 g/mol. The maximum atomic E-state index is 12.0. The molecule has 0 aliphatic rings. The van der Waals surface area contributed by atoms with E-state index in [1.54, 1.807) is 18.2 Å².